The van der Waals surface area contributed by atoms with Crippen molar-refractivity contribution in [2.45, 2.75) is 6.92 Å². The SMILES string of the molecule is Cc1ccc(/C=N/N(C(=O)c2nc3ccccc3s2)c2nc3ccc(Br)cc3s2)cc1. The third-order valence-electron chi connectivity index (χ3n) is 4.59. The van der Waals surface area contributed by atoms with Crippen LogP contribution in [0.25, 0.3) is 20.4 Å². The minimum absolute atomic E-state index is 0.303. The fourth-order valence-electron chi connectivity index (χ4n) is 3.00. The number of nitrogens with zero attached hydrogens (tertiary/aromatic N) is 4. The summed E-state index contributed by atoms with van der Waals surface area (Å²) in [4.78, 5) is 22.6. The predicted molar refractivity (Wildman–Crippen MR) is 133 cm³/mol. The summed E-state index contributed by atoms with van der Waals surface area (Å²) in [5.41, 5.74) is 3.68. The van der Waals surface area contributed by atoms with Crippen LogP contribution in [-0.4, -0.2) is 22.1 Å². The number of amides is 1. The van der Waals surface area contributed by atoms with E-state index >= 15 is 0 Å². The van der Waals surface area contributed by atoms with E-state index in [1.807, 2.05) is 73.7 Å². The lowest BCUT2D eigenvalue weighted by Crippen LogP contribution is -2.25. The number of aryl methyl sites for hydroxylation is 1. The number of benzene rings is 3. The molecule has 5 rings (SSSR count). The molecule has 0 saturated carbocycles. The van der Waals surface area contributed by atoms with Crippen molar-refractivity contribution in [2.24, 2.45) is 5.10 Å². The first-order valence-corrected chi connectivity index (χ1v) is 11.9. The number of aromatic nitrogens is 2. The summed E-state index contributed by atoms with van der Waals surface area (Å²) in [6.45, 7) is 2.03. The molecule has 0 atom stereocenters. The highest BCUT2D eigenvalue weighted by Crippen LogP contribution is 2.33. The number of para-hydroxylation sites is 1. The Balaban J connectivity index is 1.58. The van der Waals surface area contributed by atoms with Crippen LogP contribution in [0.4, 0.5) is 5.13 Å². The molecular formula is C23H15BrN4OS2. The molecule has 0 bridgehead atoms. The molecule has 3 aromatic carbocycles. The number of carbonyl (C=O) groups is 1. The molecule has 0 saturated heterocycles. The standard InChI is InChI=1S/C23H15BrN4OS2/c1-14-6-8-15(9-7-14)13-25-28(23-27-18-11-10-16(24)12-20(18)31-23)22(29)21-26-17-4-2-3-5-19(17)30-21/h2-13H,1H3/b25-13+. The average Bonchev–Trinajstić information content (AvgIpc) is 3.38. The number of fused-ring (bicyclic) bond motifs is 2. The first-order valence-electron chi connectivity index (χ1n) is 9.43. The molecule has 2 heterocycles. The van der Waals surface area contributed by atoms with Gasteiger partial charge in [-0.15, -0.1) is 11.3 Å². The summed E-state index contributed by atoms with van der Waals surface area (Å²) in [6, 6.07) is 21.5. The van der Waals surface area contributed by atoms with Crippen molar-refractivity contribution in [3.63, 3.8) is 0 Å². The molecule has 31 heavy (non-hydrogen) atoms. The Kier molecular flexibility index (Phi) is 5.35. The van der Waals surface area contributed by atoms with Gasteiger partial charge >= 0.3 is 5.91 Å². The molecule has 0 aliphatic carbocycles. The van der Waals surface area contributed by atoms with Crippen molar-refractivity contribution >= 4 is 76.3 Å². The molecule has 152 valence electrons. The minimum Gasteiger partial charge on any atom is -0.264 e. The maximum atomic E-state index is 13.5. The smallest absolute Gasteiger partial charge is 0.264 e. The highest BCUT2D eigenvalue weighted by molar-refractivity contribution is 9.10. The van der Waals surface area contributed by atoms with Crippen LogP contribution in [-0.2, 0) is 0 Å². The number of carbonyl (C=O) groups excluding carboxylic acids is 1. The molecule has 0 radical (unpaired) electrons. The van der Waals surface area contributed by atoms with E-state index in [0.29, 0.717) is 10.1 Å². The summed E-state index contributed by atoms with van der Waals surface area (Å²) >= 11 is 6.26. The quantitative estimate of drug-likeness (QED) is 0.202. The molecule has 0 spiro atoms. The van der Waals surface area contributed by atoms with Crippen molar-refractivity contribution in [1.29, 1.82) is 0 Å². The van der Waals surface area contributed by atoms with Crippen LogP contribution in [0.1, 0.15) is 20.9 Å². The Hall–Kier alpha value is -2.94. The van der Waals surface area contributed by atoms with Gasteiger partial charge in [-0.25, -0.2) is 9.97 Å². The van der Waals surface area contributed by atoms with Crippen LogP contribution in [0.15, 0.2) is 76.3 Å². The molecule has 0 N–H and O–H groups in total. The van der Waals surface area contributed by atoms with Gasteiger partial charge < -0.3 is 0 Å². The molecule has 5 nitrogen and oxygen atoms in total. The number of rotatable bonds is 4. The molecule has 1 amide bonds. The van der Waals surface area contributed by atoms with Gasteiger partial charge in [-0.2, -0.15) is 10.1 Å². The number of anilines is 1. The minimum atomic E-state index is -0.303. The van der Waals surface area contributed by atoms with Crippen molar-refractivity contribution in [2.75, 3.05) is 5.01 Å². The highest BCUT2D eigenvalue weighted by Gasteiger charge is 2.24. The van der Waals surface area contributed by atoms with Crippen LogP contribution in [0.5, 0.6) is 0 Å². The van der Waals surface area contributed by atoms with E-state index in [2.05, 4.69) is 31.0 Å². The Labute approximate surface area is 194 Å². The molecule has 8 heteroatoms. The van der Waals surface area contributed by atoms with Crippen LogP contribution < -0.4 is 5.01 Å². The molecular weight excluding hydrogens is 492 g/mol. The number of halogens is 1. The molecule has 0 aliphatic rings. The van der Waals surface area contributed by atoms with E-state index in [0.717, 1.165) is 36.0 Å². The van der Waals surface area contributed by atoms with Gasteiger partial charge in [-0.1, -0.05) is 69.2 Å². The van der Waals surface area contributed by atoms with Crippen molar-refractivity contribution in [3.05, 3.63) is 87.3 Å². The lowest BCUT2D eigenvalue weighted by Gasteiger charge is -2.11. The van der Waals surface area contributed by atoms with Crippen LogP contribution in [0, 0.1) is 6.92 Å². The van der Waals surface area contributed by atoms with Crippen LogP contribution >= 0.6 is 38.6 Å². The van der Waals surface area contributed by atoms with E-state index in [1.54, 1.807) is 6.21 Å². The third-order valence-corrected chi connectivity index (χ3v) is 7.10. The highest BCUT2D eigenvalue weighted by atomic mass is 79.9. The number of thiazole rings is 2. The number of hydrazone groups is 1. The average molecular weight is 507 g/mol. The Morgan fingerprint density at radius 1 is 0.968 bits per heavy atom. The summed E-state index contributed by atoms with van der Waals surface area (Å²) in [6.07, 6.45) is 1.67. The van der Waals surface area contributed by atoms with E-state index in [-0.39, 0.29) is 5.91 Å². The van der Waals surface area contributed by atoms with E-state index in [9.17, 15) is 4.79 Å². The summed E-state index contributed by atoms with van der Waals surface area (Å²) in [5, 5.41) is 6.74. The predicted octanol–water partition coefficient (Wildman–Crippen LogP) is 6.66. The fraction of sp³-hybridized carbons (Fsp3) is 0.0435. The van der Waals surface area contributed by atoms with Gasteiger partial charge in [0.2, 0.25) is 5.13 Å². The molecule has 0 fully saturated rings. The maximum Gasteiger partial charge on any atom is 0.309 e. The summed E-state index contributed by atoms with van der Waals surface area (Å²) < 4.78 is 2.89. The lowest BCUT2D eigenvalue weighted by molar-refractivity contribution is 0.0987. The summed E-state index contributed by atoms with van der Waals surface area (Å²) in [5.74, 6) is -0.303. The largest absolute Gasteiger partial charge is 0.309 e. The Morgan fingerprint density at radius 2 is 1.74 bits per heavy atom. The van der Waals surface area contributed by atoms with Gasteiger partial charge in [-0.3, -0.25) is 4.79 Å². The second kappa shape index (κ2) is 8.30. The van der Waals surface area contributed by atoms with Gasteiger partial charge in [-0.05, 0) is 42.8 Å². The van der Waals surface area contributed by atoms with Crippen LogP contribution in [0.3, 0.4) is 0 Å². The Morgan fingerprint density at radius 3 is 2.55 bits per heavy atom. The second-order valence-corrected chi connectivity index (χ2v) is 9.82. The monoisotopic (exact) mass is 506 g/mol. The molecule has 0 unspecified atom stereocenters. The normalized spacial score (nSPS) is 11.5. The van der Waals surface area contributed by atoms with Gasteiger partial charge in [0, 0.05) is 4.47 Å². The molecule has 2 aromatic heterocycles. The zero-order chi connectivity index (χ0) is 21.4. The van der Waals surface area contributed by atoms with Gasteiger partial charge in [0.05, 0.1) is 26.6 Å². The molecule has 0 aliphatic heterocycles. The maximum absolute atomic E-state index is 13.5. The van der Waals surface area contributed by atoms with Gasteiger partial charge in [0.25, 0.3) is 0 Å². The Bertz CT molecular complexity index is 1410. The van der Waals surface area contributed by atoms with E-state index < -0.39 is 0 Å². The van der Waals surface area contributed by atoms with E-state index in [4.69, 9.17) is 0 Å². The topological polar surface area (TPSA) is 58.5 Å². The lowest BCUT2D eigenvalue weighted by atomic mass is 10.2. The zero-order valence-electron chi connectivity index (χ0n) is 16.3. The molecule has 5 aromatic rings. The van der Waals surface area contributed by atoms with Crippen molar-refractivity contribution in [1.82, 2.24) is 9.97 Å². The van der Waals surface area contributed by atoms with Crippen LogP contribution in [0.2, 0.25) is 0 Å². The first kappa shape index (κ1) is 20.0. The fourth-order valence-corrected chi connectivity index (χ4v) is 5.36. The zero-order valence-corrected chi connectivity index (χ0v) is 19.5. The van der Waals surface area contributed by atoms with Crippen molar-refractivity contribution in [3.8, 4) is 0 Å². The number of hydrogen-bond donors (Lipinski definition) is 0. The van der Waals surface area contributed by atoms with Gasteiger partial charge in [0.1, 0.15) is 0 Å². The van der Waals surface area contributed by atoms with Gasteiger partial charge in [0.15, 0.2) is 5.01 Å². The van der Waals surface area contributed by atoms with E-state index in [1.165, 1.54) is 27.7 Å². The van der Waals surface area contributed by atoms with Crippen molar-refractivity contribution < 1.29 is 4.79 Å². The number of hydrogen-bond acceptors (Lipinski definition) is 6. The second-order valence-electron chi connectivity index (χ2n) is 6.87. The first-order chi connectivity index (χ1) is 15.1. The summed E-state index contributed by atoms with van der Waals surface area (Å²) in [7, 11) is 0. The third kappa shape index (κ3) is 4.14.